The highest BCUT2D eigenvalue weighted by Gasteiger charge is 2.21. The Labute approximate surface area is 119 Å². The number of hydrogen-bond acceptors (Lipinski definition) is 6. The summed E-state index contributed by atoms with van der Waals surface area (Å²) in [5.74, 6) is 0.271. The molecule has 1 aromatic heterocycles. The summed E-state index contributed by atoms with van der Waals surface area (Å²) in [6.45, 7) is 1.84. The first-order chi connectivity index (χ1) is 9.75. The van der Waals surface area contributed by atoms with Gasteiger partial charge in [0.05, 0.1) is 6.10 Å². The third-order valence-electron chi connectivity index (χ3n) is 3.29. The lowest BCUT2D eigenvalue weighted by Gasteiger charge is -2.21. The van der Waals surface area contributed by atoms with Gasteiger partial charge in [0.1, 0.15) is 5.56 Å². The molecule has 3 heterocycles. The molecule has 108 valence electrons. The van der Waals surface area contributed by atoms with Crippen LogP contribution in [0.4, 0.5) is 0 Å². The second kappa shape index (κ2) is 5.94. The van der Waals surface area contributed by atoms with Crippen LogP contribution < -0.4 is 11.0 Å². The number of nitrogens with one attached hydrogen (secondary N) is 1. The molecule has 1 N–H and O–H groups in total. The fourth-order valence-corrected chi connectivity index (χ4v) is 3.07. The Morgan fingerprint density at radius 1 is 1.50 bits per heavy atom. The van der Waals surface area contributed by atoms with E-state index in [1.807, 2.05) is 0 Å². The molecule has 1 saturated heterocycles. The second-order valence-electron chi connectivity index (χ2n) is 4.62. The SMILES string of the molecule is O=C(NOC1CCOCC1)c1cnc2n(c1=O)CCS2. The number of carbonyl (C=O) groups excluding carboxylic acids is 1. The normalized spacial score (nSPS) is 18.8. The summed E-state index contributed by atoms with van der Waals surface area (Å²) >= 11 is 1.51. The molecule has 0 aliphatic carbocycles. The van der Waals surface area contributed by atoms with E-state index >= 15 is 0 Å². The molecule has 0 spiro atoms. The standard InChI is InChI=1S/C12H15N3O4S/c16-10(14-19-8-1-4-18-5-2-8)9-7-13-12-15(11(9)17)3-6-20-12/h7-8H,1-6H2,(H,14,16). The number of hydroxylamine groups is 1. The first-order valence-electron chi connectivity index (χ1n) is 6.52. The molecule has 2 aliphatic rings. The molecule has 8 heteroatoms. The van der Waals surface area contributed by atoms with Gasteiger partial charge in [-0.15, -0.1) is 0 Å². The summed E-state index contributed by atoms with van der Waals surface area (Å²) < 4.78 is 6.72. The van der Waals surface area contributed by atoms with Crippen LogP contribution in [-0.4, -0.2) is 40.5 Å². The number of thioether (sulfide) groups is 1. The van der Waals surface area contributed by atoms with Gasteiger partial charge in [-0.1, -0.05) is 11.8 Å². The van der Waals surface area contributed by atoms with E-state index in [4.69, 9.17) is 9.57 Å². The largest absolute Gasteiger partial charge is 0.381 e. The van der Waals surface area contributed by atoms with Crippen molar-refractivity contribution in [1.29, 1.82) is 0 Å². The maximum absolute atomic E-state index is 12.1. The maximum atomic E-state index is 12.1. The highest BCUT2D eigenvalue weighted by Crippen LogP contribution is 2.20. The summed E-state index contributed by atoms with van der Waals surface area (Å²) in [6.07, 6.45) is 2.72. The molecule has 0 atom stereocenters. The van der Waals surface area contributed by atoms with Crippen molar-refractivity contribution >= 4 is 17.7 Å². The number of aromatic nitrogens is 2. The van der Waals surface area contributed by atoms with Gasteiger partial charge in [-0.05, 0) is 12.8 Å². The van der Waals surface area contributed by atoms with E-state index in [0.717, 1.165) is 18.6 Å². The van der Waals surface area contributed by atoms with Crippen molar-refractivity contribution < 1.29 is 14.4 Å². The third-order valence-corrected chi connectivity index (χ3v) is 4.26. The van der Waals surface area contributed by atoms with Crippen molar-refractivity contribution in [3.63, 3.8) is 0 Å². The van der Waals surface area contributed by atoms with Gasteiger partial charge < -0.3 is 4.74 Å². The van der Waals surface area contributed by atoms with E-state index in [2.05, 4.69) is 10.5 Å². The van der Waals surface area contributed by atoms with Gasteiger partial charge in [-0.25, -0.2) is 10.5 Å². The van der Waals surface area contributed by atoms with Gasteiger partial charge >= 0.3 is 0 Å². The number of hydrogen-bond donors (Lipinski definition) is 1. The number of rotatable bonds is 3. The summed E-state index contributed by atoms with van der Waals surface area (Å²) in [5.41, 5.74) is 2.05. The predicted molar refractivity (Wildman–Crippen MR) is 71.6 cm³/mol. The molecular weight excluding hydrogens is 282 g/mol. The lowest BCUT2D eigenvalue weighted by atomic mass is 10.2. The molecule has 2 aliphatic heterocycles. The smallest absolute Gasteiger partial charge is 0.282 e. The molecule has 3 rings (SSSR count). The zero-order chi connectivity index (χ0) is 13.9. The van der Waals surface area contributed by atoms with E-state index in [1.165, 1.54) is 22.5 Å². The molecule has 0 bridgehead atoms. The van der Waals surface area contributed by atoms with Crippen LogP contribution in [0.2, 0.25) is 0 Å². The van der Waals surface area contributed by atoms with Crippen molar-refractivity contribution in [2.24, 2.45) is 0 Å². The van der Waals surface area contributed by atoms with Gasteiger partial charge in [-0.2, -0.15) is 0 Å². The Bertz CT molecular complexity index is 568. The van der Waals surface area contributed by atoms with Crippen LogP contribution in [0.25, 0.3) is 0 Å². The minimum absolute atomic E-state index is 0.0170. The molecule has 7 nitrogen and oxygen atoms in total. The zero-order valence-electron chi connectivity index (χ0n) is 10.8. The number of amides is 1. The summed E-state index contributed by atoms with van der Waals surface area (Å²) in [5, 5.41) is 0.664. The number of carbonyl (C=O) groups is 1. The summed E-state index contributed by atoms with van der Waals surface area (Å²) in [6, 6.07) is 0. The molecular formula is C12H15N3O4S. The lowest BCUT2D eigenvalue weighted by Crippen LogP contribution is -2.37. The summed E-state index contributed by atoms with van der Waals surface area (Å²) in [7, 11) is 0. The van der Waals surface area contributed by atoms with E-state index in [1.54, 1.807) is 0 Å². The highest BCUT2D eigenvalue weighted by atomic mass is 32.2. The minimum Gasteiger partial charge on any atom is -0.381 e. The van der Waals surface area contributed by atoms with Crippen LogP contribution >= 0.6 is 11.8 Å². The monoisotopic (exact) mass is 297 g/mol. The highest BCUT2D eigenvalue weighted by molar-refractivity contribution is 7.99. The average Bonchev–Trinajstić information content (AvgIpc) is 2.96. The van der Waals surface area contributed by atoms with E-state index in [0.29, 0.717) is 24.9 Å². The maximum Gasteiger partial charge on any atom is 0.282 e. The summed E-state index contributed by atoms with van der Waals surface area (Å²) in [4.78, 5) is 33.5. The van der Waals surface area contributed by atoms with Crippen LogP contribution in [0.15, 0.2) is 16.1 Å². The number of nitrogens with zero attached hydrogens (tertiary/aromatic N) is 2. The minimum atomic E-state index is -0.541. The Kier molecular flexibility index (Phi) is 4.04. The first kappa shape index (κ1) is 13.6. The van der Waals surface area contributed by atoms with E-state index < -0.39 is 5.91 Å². The van der Waals surface area contributed by atoms with Gasteiger partial charge in [-0.3, -0.25) is 19.0 Å². The van der Waals surface area contributed by atoms with Crippen molar-refractivity contribution in [1.82, 2.24) is 15.0 Å². The van der Waals surface area contributed by atoms with Crippen LogP contribution in [-0.2, 0) is 16.1 Å². The first-order valence-corrected chi connectivity index (χ1v) is 7.50. The molecule has 0 radical (unpaired) electrons. The average molecular weight is 297 g/mol. The lowest BCUT2D eigenvalue weighted by molar-refractivity contribution is -0.0674. The van der Waals surface area contributed by atoms with Crippen LogP contribution in [0, 0.1) is 0 Å². The molecule has 0 unspecified atom stereocenters. The van der Waals surface area contributed by atoms with Gasteiger partial charge in [0.15, 0.2) is 5.16 Å². The van der Waals surface area contributed by atoms with Crippen LogP contribution in [0.1, 0.15) is 23.2 Å². The fraction of sp³-hybridized carbons (Fsp3) is 0.583. The Balaban J connectivity index is 1.67. The van der Waals surface area contributed by atoms with Gasteiger partial charge in [0, 0.05) is 31.7 Å². The van der Waals surface area contributed by atoms with E-state index in [-0.39, 0.29) is 17.2 Å². The van der Waals surface area contributed by atoms with Gasteiger partial charge in [0.25, 0.3) is 11.5 Å². The molecule has 1 fully saturated rings. The Morgan fingerprint density at radius 3 is 3.10 bits per heavy atom. The van der Waals surface area contributed by atoms with Crippen molar-refractivity contribution in [2.45, 2.75) is 30.6 Å². The Hall–Kier alpha value is -1.38. The molecule has 0 aromatic carbocycles. The zero-order valence-corrected chi connectivity index (χ0v) is 11.6. The van der Waals surface area contributed by atoms with Gasteiger partial charge in [0.2, 0.25) is 0 Å². The fourth-order valence-electron chi connectivity index (χ4n) is 2.16. The Morgan fingerprint density at radius 2 is 2.30 bits per heavy atom. The third kappa shape index (κ3) is 2.72. The van der Waals surface area contributed by atoms with Crippen molar-refractivity contribution in [3.05, 3.63) is 22.1 Å². The molecule has 0 saturated carbocycles. The topological polar surface area (TPSA) is 82.4 Å². The van der Waals surface area contributed by atoms with Crippen LogP contribution in [0.5, 0.6) is 0 Å². The quantitative estimate of drug-likeness (QED) is 0.633. The number of ether oxygens (including phenoxy) is 1. The predicted octanol–water partition coefficient (Wildman–Crippen LogP) is 0.189. The van der Waals surface area contributed by atoms with Crippen molar-refractivity contribution in [3.8, 4) is 0 Å². The second-order valence-corrected chi connectivity index (χ2v) is 5.68. The molecule has 1 amide bonds. The molecule has 20 heavy (non-hydrogen) atoms. The number of fused-ring (bicyclic) bond motifs is 1. The van der Waals surface area contributed by atoms with Crippen LogP contribution in [0.3, 0.4) is 0 Å². The van der Waals surface area contributed by atoms with Crippen molar-refractivity contribution in [2.75, 3.05) is 19.0 Å². The van der Waals surface area contributed by atoms with E-state index in [9.17, 15) is 9.59 Å². The molecule has 1 aromatic rings.